The molecule has 0 aliphatic heterocycles. The zero-order chi connectivity index (χ0) is 18.7. The van der Waals surface area contributed by atoms with Crippen molar-refractivity contribution in [3.63, 3.8) is 0 Å². The van der Waals surface area contributed by atoms with Crippen LogP contribution in [0.2, 0.25) is 0 Å². The lowest BCUT2D eigenvalue weighted by Crippen LogP contribution is -2.36. The maximum absolute atomic E-state index is 13.0. The molecule has 24 heavy (non-hydrogen) atoms. The van der Waals surface area contributed by atoms with Crippen LogP contribution in [0.4, 0.5) is 0 Å². The number of ketones is 4. The van der Waals surface area contributed by atoms with Gasteiger partial charge in [-0.25, -0.2) is 0 Å². The summed E-state index contributed by atoms with van der Waals surface area (Å²) < 4.78 is 0. The molecule has 132 valence electrons. The number of carbonyl (C=O) groups is 4. The van der Waals surface area contributed by atoms with Gasteiger partial charge in [0.15, 0.2) is 11.6 Å². The summed E-state index contributed by atoms with van der Waals surface area (Å²) in [4.78, 5) is 50.7. The first kappa shape index (κ1) is 20.2. The molecule has 2 atom stereocenters. The van der Waals surface area contributed by atoms with Crippen molar-refractivity contribution in [1.29, 1.82) is 0 Å². The van der Waals surface area contributed by atoms with Crippen LogP contribution in [0.5, 0.6) is 0 Å². The van der Waals surface area contributed by atoms with Crippen molar-refractivity contribution >= 4 is 23.1 Å². The predicted molar refractivity (Wildman–Crippen MR) is 93.5 cm³/mol. The van der Waals surface area contributed by atoms with E-state index < -0.39 is 40.4 Å². The van der Waals surface area contributed by atoms with Crippen molar-refractivity contribution < 1.29 is 19.2 Å². The van der Waals surface area contributed by atoms with Crippen molar-refractivity contribution in [3.8, 4) is 0 Å². The SMILES string of the molecule is CCC(C)C(=O)C1C(=O)C(=O)C(CC=C(C)C)(CC=C(C)C)C1=O. The highest BCUT2D eigenvalue weighted by molar-refractivity contribution is 6.57. The molecule has 0 N–H and O–H groups in total. The Morgan fingerprint density at radius 1 is 1.04 bits per heavy atom. The first-order chi connectivity index (χ1) is 11.1. The second-order valence-electron chi connectivity index (χ2n) is 7.26. The summed E-state index contributed by atoms with van der Waals surface area (Å²) in [6.07, 6.45) is 4.49. The summed E-state index contributed by atoms with van der Waals surface area (Å²) in [6, 6.07) is 0. The van der Waals surface area contributed by atoms with Gasteiger partial charge in [-0.15, -0.1) is 0 Å². The Morgan fingerprint density at radius 3 is 1.88 bits per heavy atom. The summed E-state index contributed by atoms with van der Waals surface area (Å²) in [5.74, 6) is -4.28. The average Bonchev–Trinajstić information content (AvgIpc) is 2.70. The third-order valence-corrected chi connectivity index (χ3v) is 4.75. The summed E-state index contributed by atoms with van der Waals surface area (Å²) in [7, 11) is 0. The molecule has 0 spiro atoms. The highest BCUT2D eigenvalue weighted by Crippen LogP contribution is 2.42. The number of Topliss-reactive ketones (excluding diaryl/α,β-unsaturated/α-hetero) is 4. The minimum atomic E-state index is -1.42. The Bertz CT molecular complexity index is 594. The van der Waals surface area contributed by atoms with E-state index in [-0.39, 0.29) is 12.8 Å². The molecule has 0 aromatic heterocycles. The Hall–Kier alpha value is -1.84. The molecular weight excluding hydrogens is 304 g/mol. The summed E-state index contributed by atoms with van der Waals surface area (Å²) in [5, 5.41) is 0. The first-order valence-electron chi connectivity index (χ1n) is 8.51. The van der Waals surface area contributed by atoms with E-state index in [9.17, 15) is 19.2 Å². The lowest BCUT2D eigenvalue weighted by molar-refractivity contribution is -0.141. The van der Waals surface area contributed by atoms with Crippen LogP contribution in [0.3, 0.4) is 0 Å². The molecule has 4 nitrogen and oxygen atoms in total. The number of hydrogen-bond donors (Lipinski definition) is 0. The monoisotopic (exact) mass is 332 g/mol. The smallest absolute Gasteiger partial charge is 0.217 e. The molecule has 1 saturated carbocycles. The Labute approximate surface area is 144 Å². The maximum atomic E-state index is 13.0. The van der Waals surface area contributed by atoms with Gasteiger partial charge in [0, 0.05) is 5.92 Å². The highest BCUT2D eigenvalue weighted by Gasteiger charge is 2.61. The first-order valence-corrected chi connectivity index (χ1v) is 8.51. The van der Waals surface area contributed by atoms with Gasteiger partial charge >= 0.3 is 0 Å². The normalized spacial score (nSPS) is 20.8. The van der Waals surface area contributed by atoms with Gasteiger partial charge in [0.2, 0.25) is 11.6 Å². The number of allylic oxidation sites excluding steroid dienone is 4. The van der Waals surface area contributed by atoms with Gasteiger partial charge in [-0.05, 0) is 47.0 Å². The molecule has 0 aromatic carbocycles. The van der Waals surface area contributed by atoms with Crippen LogP contribution in [0, 0.1) is 17.3 Å². The van der Waals surface area contributed by atoms with Crippen LogP contribution in [-0.4, -0.2) is 23.1 Å². The number of carbonyl (C=O) groups excluding carboxylic acids is 4. The molecule has 0 bridgehead atoms. The Kier molecular flexibility index (Phi) is 6.58. The number of rotatable bonds is 7. The van der Waals surface area contributed by atoms with E-state index in [1.807, 2.05) is 34.6 Å². The molecule has 0 heterocycles. The van der Waals surface area contributed by atoms with E-state index in [1.165, 1.54) is 0 Å². The second-order valence-corrected chi connectivity index (χ2v) is 7.26. The predicted octanol–water partition coefficient (Wildman–Crippen LogP) is 3.64. The van der Waals surface area contributed by atoms with Gasteiger partial charge in [0.25, 0.3) is 0 Å². The average molecular weight is 332 g/mol. The summed E-state index contributed by atoms with van der Waals surface area (Å²) >= 11 is 0. The Balaban J connectivity index is 3.37. The largest absolute Gasteiger partial charge is 0.298 e. The lowest BCUT2D eigenvalue weighted by Gasteiger charge is -2.23. The highest BCUT2D eigenvalue weighted by atomic mass is 16.2. The van der Waals surface area contributed by atoms with Crippen molar-refractivity contribution in [2.24, 2.45) is 17.3 Å². The zero-order valence-corrected chi connectivity index (χ0v) is 15.6. The molecule has 0 aromatic rings. The fourth-order valence-corrected chi connectivity index (χ4v) is 2.84. The standard InChI is InChI=1S/C20H28O4/c1-7-14(6)16(21)15-17(22)19(24)20(18(15)23,10-8-12(2)3)11-9-13(4)5/h8-9,14-15H,7,10-11H2,1-6H3. The topological polar surface area (TPSA) is 68.3 Å². The molecule has 0 radical (unpaired) electrons. The Morgan fingerprint density at radius 2 is 1.50 bits per heavy atom. The minimum absolute atomic E-state index is 0.173. The van der Waals surface area contributed by atoms with Gasteiger partial charge in [-0.2, -0.15) is 0 Å². The van der Waals surface area contributed by atoms with Gasteiger partial charge in [-0.3, -0.25) is 19.2 Å². The molecular formula is C20H28O4. The quantitative estimate of drug-likeness (QED) is 0.405. The van der Waals surface area contributed by atoms with Crippen LogP contribution in [0.25, 0.3) is 0 Å². The fraction of sp³-hybridized carbons (Fsp3) is 0.600. The molecule has 4 heteroatoms. The molecule has 1 rings (SSSR count). The van der Waals surface area contributed by atoms with Crippen molar-refractivity contribution in [1.82, 2.24) is 0 Å². The third-order valence-electron chi connectivity index (χ3n) is 4.75. The second kappa shape index (κ2) is 7.82. The van der Waals surface area contributed by atoms with Crippen LogP contribution in [0.1, 0.15) is 60.8 Å². The zero-order valence-electron chi connectivity index (χ0n) is 15.6. The summed E-state index contributed by atoms with van der Waals surface area (Å²) in [5.41, 5.74) is 0.520. The van der Waals surface area contributed by atoms with E-state index in [2.05, 4.69) is 0 Å². The molecule has 1 aliphatic rings. The molecule has 0 saturated heterocycles. The third kappa shape index (κ3) is 3.80. The van der Waals surface area contributed by atoms with Gasteiger partial charge in [-0.1, -0.05) is 37.1 Å². The molecule has 0 amide bonds. The van der Waals surface area contributed by atoms with Gasteiger partial charge in [0.05, 0.1) is 0 Å². The maximum Gasteiger partial charge on any atom is 0.217 e. The minimum Gasteiger partial charge on any atom is -0.298 e. The van der Waals surface area contributed by atoms with Crippen LogP contribution in [0.15, 0.2) is 23.3 Å². The van der Waals surface area contributed by atoms with Gasteiger partial charge in [0.1, 0.15) is 11.3 Å². The summed E-state index contributed by atoms with van der Waals surface area (Å²) in [6.45, 7) is 11.0. The lowest BCUT2D eigenvalue weighted by atomic mass is 9.75. The van der Waals surface area contributed by atoms with Crippen LogP contribution >= 0.6 is 0 Å². The van der Waals surface area contributed by atoms with Gasteiger partial charge < -0.3 is 0 Å². The van der Waals surface area contributed by atoms with Crippen LogP contribution < -0.4 is 0 Å². The van der Waals surface area contributed by atoms with E-state index in [4.69, 9.17) is 0 Å². The molecule has 1 fully saturated rings. The van der Waals surface area contributed by atoms with E-state index >= 15 is 0 Å². The van der Waals surface area contributed by atoms with E-state index in [0.717, 1.165) is 11.1 Å². The van der Waals surface area contributed by atoms with Crippen molar-refractivity contribution in [2.45, 2.75) is 60.8 Å². The molecule has 2 unspecified atom stereocenters. The number of hydrogen-bond acceptors (Lipinski definition) is 4. The van der Waals surface area contributed by atoms with E-state index in [0.29, 0.717) is 6.42 Å². The van der Waals surface area contributed by atoms with Crippen molar-refractivity contribution in [2.75, 3.05) is 0 Å². The molecule has 1 aliphatic carbocycles. The fourth-order valence-electron chi connectivity index (χ4n) is 2.84. The van der Waals surface area contributed by atoms with Crippen molar-refractivity contribution in [3.05, 3.63) is 23.3 Å². The van der Waals surface area contributed by atoms with E-state index in [1.54, 1.807) is 19.1 Å². The van der Waals surface area contributed by atoms with Crippen LogP contribution in [-0.2, 0) is 19.2 Å².